The molecular weight excluding hydrogens is 220 g/mol. The summed E-state index contributed by atoms with van der Waals surface area (Å²) in [5.74, 6) is 0.800. The zero-order valence-electron chi connectivity index (χ0n) is 8.96. The maximum atomic E-state index is 12.4. The minimum Gasteiger partial charge on any atom is -0.219 e. The Morgan fingerprint density at radius 3 is 2.38 bits per heavy atom. The highest BCUT2D eigenvalue weighted by molar-refractivity contribution is 7.95. The quantitative estimate of drug-likeness (QED) is 0.788. The normalized spacial score (nSPS) is 28.1. The third kappa shape index (κ3) is 1.42. The van der Waals surface area contributed by atoms with E-state index in [9.17, 15) is 8.42 Å². The Labute approximate surface area is 95.9 Å². The molecule has 0 N–H and O–H groups in total. The van der Waals surface area contributed by atoms with Gasteiger partial charge < -0.3 is 0 Å². The molecular formula is C13H14O2S. The van der Waals surface area contributed by atoms with Gasteiger partial charge in [-0.2, -0.15) is 0 Å². The molecule has 16 heavy (non-hydrogen) atoms. The van der Waals surface area contributed by atoms with Crippen LogP contribution in [0.25, 0.3) is 0 Å². The molecule has 0 radical (unpaired) electrons. The van der Waals surface area contributed by atoms with Crippen LogP contribution in [0.2, 0.25) is 0 Å². The van der Waals surface area contributed by atoms with Gasteiger partial charge in [0.1, 0.15) is 0 Å². The molecule has 0 saturated heterocycles. The topological polar surface area (TPSA) is 34.1 Å². The molecule has 2 aliphatic carbocycles. The third-order valence-corrected chi connectivity index (χ3v) is 5.62. The number of benzene rings is 1. The maximum absolute atomic E-state index is 12.4. The average Bonchev–Trinajstić information content (AvgIpc) is 2.92. The van der Waals surface area contributed by atoms with Crippen molar-refractivity contribution in [3.05, 3.63) is 41.3 Å². The minimum absolute atomic E-state index is 0.287. The van der Waals surface area contributed by atoms with Crippen molar-refractivity contribution in [3.63, 3.8) is 0 Å². The van der Waals surface area contributed by atoms with Crippen LogP contribution in [0.4, 0.5) is 0 Å². The van der Waals surface area contributed by atoms with E-state index in [0.29, 0.717) is 15.7 Å². The Morgan fingerprint density at radius 2 is 1.81 bits per heavy atom. The van der Waals surface area contributed by atoms with Crippen LogP contribution in [0.3, 0.4) is 0 Å². The first-order valence-corrected chi connectivity index (χ1v) is 7.18. The molecule has 0 heterocycles. The zero-order valence-corrected chi connectivity index (χ0v) is 9.78. The predicted octanol–water partition coefficient (Wildman–Crippen LogP) is 2.77. The molecule has 1 aromatic rings. The second-order valence-corrected chi connectivity index (χ2v) is 6.61. The molecule has 84 valence electrons. The predicted molar refractivity (Wildman–Crippen MR) is 62.5 cm³/mol. The van der Waals surface area contributed by atoms with Crippen LogP contribution < -0.4 is 0 Å². The monoisotopic (exact) mass is 234 g/mol. The number of rotatable bonds is 2. The summed E-state index contributed by atoms with van der Waals surface area (Å²) in [7, 11) is -3.21. The number of sulfone groups is 1. The van der Waals surface area contributed by atoms with Crippen LogP contribution in [-0.4, -0.2) is 8.42 Å². The molecule has 1 fully saturated rings. The number of hydrogen-bond acceptors (Lipinski definition) is 2. The van der Waals surface area contributed by atoms with Crippen LogP contribution in [-0.2, 0) is 9.84 Å². The number of fused-ring (bicyclic) bond motifs is 2. The van der Waals surface area contributed by atoms with Gasteiger partial charge in [0.05, 0.1) is 4.90 Å². The molecule has 3 rings (SSSR count). The highest BCUT2D eigenvalue weighted by Gasteiger charge is 2.39. The smallest absolute Gasteiger partial charge is 0.202 e. The van der Waals surface area contributed by atoms with E-state index in [-0.39, 0.29) is 5.92 Å². The van der Waals surface area contributed by atoms with Crippen molar-refractivity contribution >= 4 is 9.84 Å². The fourth-order valence-electron chi connectivity index (χ4n) is 2.84. The lowest BCUT2D eigenvalue weighted by Gasteiger charge is -2.13. The van der Waals surface area contributed by atoms with Gasteiger partial charge in [-0.05, 0) is 43.2 Å². The highest BCUT2D eigenvalue weighted by Crippen LogP contribution is 2.47. The minimum atomic E-state index is -3.21. The molecule has 2 bridgehead atoms. The zero-order chi connectivity index (χ0) is 11.2. The first kappa shape index (κ1) is 10.1. The first-order chi connectivity index (χ1) is 7.68. The molecule has 3 heteroatoms. The second kappa shape index (κ2) is 3.45. The summed E-state index contributed by atoms with van der Waals surface area (Å²) in [6.45, 7) is 0. The van der Waals surface area contributed by atoms with Gasteiger partial charge in [-0.3, -0.25) is 0 Å². The van der Waals surface area contributed by atoms with Crippen molar-refractivity contribution < 1.29 is 8.42 Å². The Bertz CT molecular complexity index is 528. The Hall–Kier alpha value is -1.09. The van der Waals surface area contributed by atoms with E-state index in [1.54, 1.807) is 24.3 Å². The first-order valence-electron chi connectivity index (χ1n) is 5.70. The molecule has 2 nitrogen and oxygen atoms in total. The van der Waals surface area contributed by atoms with Gasteiger partial charge in [-0.25, -0.2) is 8.42 Å². The fraction of sp³-hybridized carbons (Fsp3) is 0.385. The van der Waals surface area contributed by atoms with Gasteiger partial charge in [0, 0.05) is 4.91 Å². The van der Waals surface area contributed by atoms with E-state index in [1.165, 1.54) is 6.42 Å². The highest BCUT2D eigenvalue weighted by atomic mass is 32.2. The number of allylic oxidation sites excluding steroid dienone is 2. The molecule has 0 aliphatic heterocycles. The SMILES string of the molecule is O=S(=O)(C1=CC2CCC1C2)c1ccccc1. The van der Waals surface area contributed by atoms with Crippen LogP contribution >= 0.6 is 0 Å². The van der Waals surface area contributed by atoms with Gasteiger partial charge >= 0.3 is 0 Å². The lowest BCUT2D eigenvalue weighted by molar-refractivity contribution is 0.588. The Kier molecular flexibility index (Phi) is 2.18. The van der Waals surface area contributed by atoms with Crippen molar-refractivity contribution in [3.8, 4) is 0 Å². The maximum Gasteiger partial charge on any atom is 0.202 e. The summed E-state index contributed by atoms with van der Waals surface area (Å²) < 4.78 is 24.7. The van der Waals surface area contributed by atoms with Gasteiger partial charge in [0.25, 0.3) is 0 Å². The summed E-state index contributed by atoms with van der Waals surface area (Å²) in [5.41, 5.74) is 0. The fourth-order valence-corrected chi connectivity index (χ4v) is 4.65. The van der Waals surface area contributed by atoms with E-state index >= 15 is 0 Å². The molecule has 0 aromatic heterocycles. The van der Waals surface area contributed by atoms with Gasteiger partial charge in [0.2, 0.25) is 9.84 Å². The van der Waals surface area contributed by atoms with Crippen LogP contribution in [0, 0.1) is 11.8 Å². The molecule has 2 unspecified atom stereocenters. The molecule has 2 aliphatic rings. The van der Waals surface area contributed by atoms with Crippen LogP contribution in [0.15, 0.2) is 46.2 Å². The van der Waals surface area contributed by atoms with E-state index in [4.69, 9.17) is 0 Å². The summed E-state index contributed by atoms with van der Waals surface area (Å²) in [5, 5.41) is 0. The number of hydrogen-bond donors (Lipinski definition) is 0. The van der Waals surface area contributed by atoms with Crippen molar-refractivity contribution in [1.29, 1.82) is 0 Å². The van der Waals surface area contributed by atoms with Crippen molar-refractivity contribution in [2.24, 2.45) is 11.8 Å². The van der Waals surface area contributed by atoms with Crippen LogP contribution in [0.1, 0.15) is 19.3 Å². The summed E-state index contributed by atoms with van der Waals surface area (Å²) in [4.78, 5) is 1.11. The van der Waals surface area contributed by atoms with Crippen molar-refractivity contribution in [2.75, 3.05) is 0 Å². The molecule has 0 spiro atoms. The van der Waals surface area contributed by atoms with E-state index in [2.05, 4.69) is 0 Å². The van der Waals surface area contributed by atoms with Gasteiger partial charge in [-0.15, -0.1) is 0 Å². The molecule has 1 aromatic carbocycles. The van der Waals surface area contributed by atoms with Crippen molar-refractivity contribution in [2.45, 2.75) is 24.2 Å². The van der Waals surface area contributed by atoms with E-state index in [1.807, 2.05) is 12.1 Å². The second-order valence-electron chi connectivity index (χ2n) is 4.66. The standard InChI is InChI=1S/C13H14O2S/c14-16(15,12-4-2-1-3-5-12)13-9-10-6-7-11(13)8-10/h1-5,9-11H,6-8H2. The summed E-state index contributed by atoms with van der Waals surface area (Å²) in [6, 6.07) is 8.76. The largest absolute Gasteiger partial charge is 0.219 e. The molecule has 2 atom stereocenters. The average molecular weight is 234 g/mol. The summed E-state index contributed by atoms with van der Waals surface area (Å²) in [6.07, 6.45) is 5.24. The Balaban J connectivity index is 2.05. The van der Waals surface area contributed by atoms with Gasteiger partial charge in [-0.1, -0.05) is 24.3 Å². The summed E-state index contributed by atoms with van der Waals surface area (Å²) >= 11 is 0. The third-order valence-electron chi connectivity index (χ3n) is 3.64. The molecule has 1 saturated carbocycles. The van der Waals surface area contributed by atoms with E-state index in [0.717, 1.165) is 12.8 Å². The Morgan fingerprint density at radius 1 is 1.06 bits per heavy atom. The van der Waals surface area contributed by atoms with Gasteiger partial charge in [0.15, 0.2) is 0 Å². The van der Waals surface area contributed by atoms with Crippen molar-refractivity contribution in [1.82, 2.24) is 0 Å². The van der Waals surface area contributed by atoms with Crippen LogP contribution in [0.5, 0.6) is 0 Å². The van der Waals surface area contributed by atoms with E-state index < -0.39 is 9.84 Å². The molecule has 0 amide bonds. The lowest BCUT2D eigenvalue weighted by Crippen LogP contribution is -2.10. The lowest BCUT2D eigenvalue weighted by atomic mass is 10.1.